The fourth-order valence-electron chi connectivity index (χ4n) is 2.19. The van der Waals surface area contributed by atoms with Crippen molar-refractivity contribution in [1.82, 2.24) is 5.32 Å². The summed E-state index contributed by atoms with van der Waals surface area (Å²) < 4.78 is 22.5. The number of benzene rings is 2. The molecule has 1 atom stereocenters. The molecule has 0 bridgehead atoms. The molecule has 23 heavy (non-hydrogen) atoms. The number of primary sulfonamides is 1. The van der Waals surface area contributed by atoms with Crippen molar-refractivity contribution in [3.63, 3.8) is 0 Å². The van der Waals surface area contributed by atoms with Gasteiger partial charge in [-0.1, -0.05) is 18.2 Å². The van der Waals surface area contributed by atoms with Gasteiger partial charge in [-0.2, -0.15) is 0 Å². The average molecular weight is 332 g/mol. The van der Waals surface area contributed by atoms with Crippen LogP contribution in [0.25, 0.3) is 0 Å². The van der Waals surface area contributed by atoms with Gasteiger partial charge in [0.1, 0.15) is 0 Å². The molecule has 3 N–H and O–H groups in total. The number of carbonyl (C=O) groups is 1. The summed E-state index contributed by atoms with van der Waals surface area (Å²) in [5, 5.41) is 7.97. The van der Waals surface area contributed by atoms with Gasteiger partial charge in [0.15, 0.2) is 0 Å². The van der Waals surface area contributed by atoms with Gasteiger partial charge in [0.05, 0.1) is 10.9 Å². The van der Waals surface area contributed by atoms with Crippen molar-refractivity contribution in [2.45, 2.75) is 31.7 Å². The van der Waals surface area contributed by atoms with Gasteiger partial charge in [-0.05, 0) is 61.7 Å². The predicted octanol–water partition coefficient (Wildman–Crippen LogP) is 2.44. The van der Waals surface area contributed by atoms with E-state index < -0.39 is 10.0 Å². The van der Waals surface area contributed by atoms with Crippen LogP contribution in [0, 0.1) is 13.8 Å². The highest BCUT2D eigenvalue weighted by molar-refractivity contribution is 7.89. The summed E-state index contributed by atoms with van der Waals surface area (Å²) in [5.74, 6) is -0.170. The first-order valence-electron chi connectivity index (χ1n) is 7.19. The molecule has 6 heteroatoms. The highest BCUT2D eigenvalue weighted by Crippen LogP contribution is 2.17. The summed E-state index contributed by atoms with van der Waals surface area (Å²) in [6.45, 7) is 5.79. The predicted molar refractivity (Wildman–Crippen MR) is 89.6 cm³/mol. The van der Waals surface area contributed by atoms with E-state index in [0.717, 1.165) is 16.7 Å². The van der Waals surface area contributed by atoms with Crippen LogP contribution in [-0.2, 0) is 10.0 Å². The second-order valence-electron chi connectivity index (χ2n) is 5.61. The van der Waals surface area contributed by atoms with Crippen LogP contribution in [0.3, 0.4) is 0 Å². The molecule has 0 aliphatic rings. The van der Waals surface area contributed by atoms with E-state index >= 15 is 0 Å². The Morgan fingerprint density at radius 3 is 2.17 bits per heavy atom. The van der Waals surface area contributed by atoms with Gasteiger partial charge in [0.2, 0.25) is 10.0 Å². The minimum absolute atomic E-state index is 0.0499. The van der Waals surface area contributed by atoms with E-state index in [1.807, 2.05) is 32.9 Å². The third-order valence-electron chi connectivity index (χ3n) is 3.83. The van der Waals surface area contributed by atoms with Gasteiger partial charge in [0, 0.05) is 5.56 Å². The van der Waals surface area contributed by atoms with Gasteiger partial charge in [-0.3, -0.25) is 4.79 Å². The number of aryl methyl sites for hydroxylation is 2. The monoisotopic (exact) mass is 332 g/mol. The first-order chi connectivity index (χ1) is 10.7. The Morgan fingerprint density at radius 2 is 1.65 bits per heavy atom. The summed E-state index contributed by atoms with van der Waals surface area (Å²) >= 11 is 0. The van der Waals surface area contributed by atoms with Crippen molar-refractivity contribution in [1.29, 1.82) is 0 Å². The van der Waals surface area contributed by atoms with Crippen LogP contribution in [0.4, 0.5) is 0 Å². The number of amides is 1. The molecule has 2 aromatic carbocycles. The van der Waals surface area contributed by atoms with Gasteiger partial charge >= 0.3 is 0 Å². The first kappa shape index (κ1) is 17.2. The van der Waals surface area contributed by atoms with Gasteiger partial charge < -0.3 is 5.32 Å². The van der Waals surface area contributed by atoms with Crippen molar-refractivity contribution in [2.75, 3.05) is 0 Å². The normalized spacial score (nSPS) is 12.7. The molecular weight excluding hydrogens is 312 g/mol. The lowest BCUT2D eigenvalue weighted by atomic mass is 10.0. The minimum atomic E-state index is -3.71. The average Bonchev–Trinajstić information content (AvgIpc) is 2.49. The smallest absolute Gasteiger partial charge is 0.251 e. The second-order valence-corrected chi connectivity index (χ2v) is 7.17. The summed E-state index contributed by atoms with van der Waals surface area (Å²) in [4.78, 5) is 12.3. The zero-order valence-corrected chi connectivity index (χ0v) is 14.1. The fraction of sp³-hybridized carbons (Fsp3) is 0.235. The lowest BCUT2D eigenvalue weighted by Gasteiger charge is -2.15. The summed E-state index contributed by atoms with van der Waals surface area (Å²) in [7, 11) is -3.71. The Labute approximate surface area is 136 Å². The minimum Gasteiger partial charge on any atom is -0.346 e. The van der Waals surface area contributed by atoms with Crippen LogP contribution >= 0.6 is 0 Å². The van der Waals surface area contributed by atoms with E-state index in [1.54, 1.807) is 18.2 Å². The quantitative estimate of drug-likeness (QED) is 0.901. The zero-order valence-electron chi connectivity index (χ0n) is 13.3. The number of hydrogen-bond acceptors (Lipinski definition) is 3. The first-order valence-corrected chi connectivity index (χ1v) is 8.74. The Morgan fingerprint density at radius 1 is 1.04 bits per heavy atom. The lowest BCUT2D eigenvalue weighted by molar-refractivity contribution is 0.0939. The van der Waals surface area contributed by atoms with Crippen molar-refractivity contribution in [2.24, 2.45) is 5.14 Å². The highest BCUT2D eigenvalue weighted by Gasteiger charge is 2.13. The van der Waals surface area contributed by atoms with Crippen LogP contribution < -0.4 is 10.5 Å². The van der Waals surface area contributed by atoms with Crippen LogP contribution in [-0.4, -0.2) is 14.3 Å². The van der Waals surface area contributed by atoms with E-state index in [2.05, 4.69) is 5.32 Å². The lowest BCUT2D eigenvalue weighted by Crippen LogP contribution is -2.26. The van der Waals surface area contributed by atoms with Gasteiger partial charge in [-0.25, -0.2) is 13.6 Å². The molecule has 0 spiro atoms. The molecule has 0 heterocycles. The van der Waals surface area contributed by atoms with E-state index in [1.165, 1.54) is 12.1 Å². The largest absolute Gasteiger partial charge is 0.346 e. The van der Waals surface area contributed by atoms with E-state index in [0.29, 0.717) is 5.56 Å². The molecule has 2 rings (SSSR count). The molecular formula is C17H20N2O3S. The molecule has 1 amide bonds. The Bertz CT molecular complexity index is 827. The highest BCUT2D eigenvalue weighted by atomic mass is 32.2. The molecule has 1 unspecified atom stereocenters. The maximum Gasteiger partial charge on any atom is 0.251 e. The molecule has 0 aliphatic heterocycles. The number of nitrogens with two attached hydrogens (primary N) is 1. The maximum atomic E-state index is 12.3. The summed E-state index contributed by atoms with van der Waals surface area (Å²) in [6.07, 6.45) is 0. The maximum absolute atomic E-state index is 12.3. The molecule has 0 saturated heterocycles. The Balaban J connectivity index is 2.13. The van der Waals surface area contributed by atoms with Crippen molar-refractivity contribution in [3.05, 3.63) is 64.7 Å². The molecule has 0 aromatic heterocycles. The summed E-state index contributed by atoms with van der Waals surface area (Å²) in [6, 6.07) is 11.5. The third-order valence-corrected chi connectivity index (χ3v) is 4.75. The standard InChI is InChI=1S/C17H20N2O3S/c1-11-4-5-15(10-12(11)2)17(20)19-13(3)14-6-8-16(9-7-14)23(18,21)22/h4-10,13H,1-3H3,(H,19,20)(H2,18,21,22). The Kier molecular flexibility index (Phi) is 4.87. The molecule has 0 fully saturated rings. The molecule has 0 radical (unpaired) electrons. The SMILES string of the molecule is Cc1ccc(C(=O)NC(C)c2ccc(S(N)(=O)=O)cc2)cc1C. The number of sulfonamides is 1. The molecule has 5 nitrogen and oxygen atoms in total. The number of carbonyl (C=O) groups excluding carboxylic acids is 1. The van der Waals surface area contributed by atoms with Crippen molar-refractivity contribution in [3.8, 4) is 0 Å². The Hall–Kier alpha value is -2.18. The molecule has 122 valence electrons. The van der Waals surface area contributed by atoms with Crippen molar-refractivity contribution < 1.29 is 13.2 Å². The van der Waals surface area contributed by atoms with Crippen LogP contribution in [0.2, 0.25) is 0 Å². The van der Waals surface area contributed by atoms with Crippen LogP contribution in [0.1, 0.15) is 40.0 Å². The molecule has 0 saturated carbocycles. The molecule has 0 aliphatic carbocycles. The van der Waals surface area contributed by atoms with Crippen LogP contribution in [0.15, 0.2) is 47.4 Å². The zero-order chi connectivity index (χ0) is 17.2. The van der Waals surface area contributed by atoms with E-state index in [-0.39, 0.29) is 16.8 Å². The van der Waals surface area contributed by atoms with Crippen molar-refractivity contribution >= 4 is 15.9 Å². The number of rotatable bonds is 4. The fourth-order valence-corrected chi connectivity index (χ4v) is 2.71. The summed E-state index contributed by atoms with van der Waals surface area (Å²) in [5.41, 5.74) is 3.59. The third kappa shape index (κ3) is 4.18. The number of hydrogen-bond donors (Lipinski definition) is 2. The van der Waals surface area contributed by atoms with E-state index in [9.17, 15) is 13.2 Å². The molecule has 2 aromatic rings. The van der Waals surface area contributed by atoms with Gasteiger partial charge in [0.25, 0.3) is 5.91 Å². The second kappa shape index (κ2) is 6.52. The van der Waals surface area contributed by atoms with Crippen LogP contribution in [0.5, 0.6) is 0 Å². The van der Waals surface area contributed by atoms with Gasteiger partial charge in [-0.15, -0.1) is 0 Å². The van der Waals surface area contributed by atoms with E-state index in [4.69, 9.17) is 5.14 Å². The topological polar surface area (TPSA) is 89.3 Å². The number of nitrogens with one attached hydrogen (secondary N) is 1.